The minimum absolute atomic E-state index is 0.0120. The van der Waals surface area contributed by atoms with Crippen molar-refractivity contribution in [1.82, 2.24) is 10.2 Å². The summed E-state index contributed by atoms with van der Waals surface area (Å²) in [7, 11) is 1.49. The zero-order valence-electron chi connectivity index (χ0n) is 37.1. The largest absolute Gasteiger partial charge is 0.507 e. The minimum Gasteiger partial charge on any atom is -0.507 e. The third-order valence-corrected chi connectivity index (χ3v) is 12.6. The summed E-state index contributed by atoms with van der Waals surface area (Å²) >= 11 is 6.07. The highest BCUT2D eigenvalue weighted by Gasteiger charge is 2.36. The number of aliphatic imine (C=N–C) groups is 1. The molecule has 65 heavy (non-hydrogen) atoms. The number of hydrogen-bond acceptors (Lipinski definition) is 10. The summed E-state index contributed by atoms with van der Waals surface area (Å²) in [4.78, 5) is 89.8. The Morgan fingerprint density at radius 3 is 2.20 bits per heavy atom. The molecule has 2 aliphatic rings. The van der Waals surface area contributed by atoms with Crippen molar-refractivity contribution < 1.29 is 39.0 Å². The number of phenolic OH excluding ortho intramolecular Hbond substituents is 2. The zero-order chi connectivity index (χ0) is 46.8. The number of allylic oxidation sites excluding steroid dienone is 1. The summed E-state index contributed by atoms with van der Waals surface area (Å²) in [6.45, 7) is 4.23. The zero-order valence-corrected chi connectivity index (χ0v) is 37.9. The third-order valence-electron chi connectivity index (χ3n) is 12.4. The van der Waals surface area contributed by atoms with Crippen LogP contribution in [0.5, 0.6) is 11.5 Å². The predicted molar refractivity (Wildman–Crippen MR) is 252 cm³/mol. The van der Waals surface area contributed by atoms with Gasteiger partial charge in [0.05, 0.1) is 12.6 Å². The van der Waals surface area contributed by atoms with E-state index in [1.165, 1.54) is 36.2 Å². The molecule has 2 amide bonds. The summed E-state index contributed by atoms with van der Waals surface area (Å²) in [5.74, 6) is -5.07. The van der Waals surface area contributed by atoms with Crippen molar-refractivity contribution in [1.29, 1.82) is 0 Å². The molecule has 2 aliphatic heterocycles. The Kier molecular flexibility index (Phi) is 16.4. The van der Waals surface area contributed by atoms with Gasteiger partial charge in [0.2, 0.25) is 11.8 Å². The number of Topliss-reactive ketones (excluding diaryl/α,β-unsaturated/α-hetero) is 4. The molecule has 2 heterocycles. The second-order valence-electron chi connectivity index (χ2n) is 17.3. The number of phenols is 2. The first-order valence-corrected chi connectivity index (χ1v) is 22.6. The molecule has 0 saturated carbocycles. The molecule has 0 unspecified atom stereocenters. The van der Waals surface area contributed by atoms with Crippen molar-refractivity contribution in [2.45, 2.75) is 83.7 Å². The molecule has 340 valence electrons. The van der Waals surface area contributed by atoms with Crippen LogP contribution in [0.2, 0.25) is 5.02 Å². The highest BCUT2D eigenvalue weighted by molar-refractivity contribution is 6.30. The van der Waals surface area contributed by atoms with Gasteiger partial charge in [0.25, 0.3) is 0 Å². The summed E-state index contributed by atoms with van der Waals surface area (Å²) in [6, 6.07) is 21.2. The molecule has 12 nitrogen and oxygen atoms in total. The van der Waals surface area contributed by atoms with Crippen LogP contribution in [-0.4, -0.2) is 82.0 Å². The molecule has 0 saturated heterocycles. The SMILES string of the molecule is C[C@H](CC(=O)[C@@H]1Cc2ccc(O)c(c2)-c2cc(ccc2O)[C@H](N(C)C(=O)[C@H](CCCCN)CC(=O)c2ccc(-c3ccc(Cl)cc3)cc2)C(=O)C[C@@H](C)C(=O)N1)C(=O)CCC1=NCC=C1. The molecule has 5 atom stereocenters. The highest BCUT2D eigenvalue weighted by Crippen LogP contribution is 2.40. The molecule has 0 radical (unpaired) electrons. The maximum atomic E-state index is 14.7. The first kappa shape index (κ1) is 48.2. The molecule has 4 aromatic rings. The maximum absolute atomic E-state index is 14.7. The molecule has 13 heteroatoms. The number of aromatic hydroxyl groups is 2. The highest BCUT2D eigenvalue weighted by atomic mass is 35.5. The maximum Gasteiger partial charge on any atom is 0.226 e. The van der Waals surface area contributed by atoms with Crippen LogP contribution in [0, 0.1) is 17.8 Å². The number of halogens is 1. The molecular formula is C52H57ClN4O8. The van der Waals surface area contributed by atoms with Gasteiger partial charge >= 0.3 is 0 Å². The lowest BCUT2D eigenvalue weighted by Crippen LogP contribution is -2.46. The number of carbonyl (C=O) groups excluding carboxylic acids is 6. The number of nitrogens with two attached hydrogens (primary N) is 1. The van der Waals surface area contributed by atoms with E-state index >= 15 is 0 Å². The van der Waals surface area contributed by atoms with Gasteiger partial charge in [0.15, 0.2) is 17.3 Å². The van der Waals surface area contributed by atoms with E-state index in [-0.39, 0.29) is 72.1 Å². The van der Waals surface area contributed by atoms with Crippen LogP contribution in [0.25, 0.3) is 22.3 Å². The van der Waals surface area contributed by atoms with E-state index in [1.807, 2.05) is 36.4 Å². The van der Waals surface area contributed by atoms with E-state index in [2.05, 4.69) is 10.3 Å². The fourth-order valence-corrected chi connectivity index (χ4v) is 8.64. The van der Waals surface area contributed by atoms with Crippen LogP contribution in [0.15, 0.2) is 102 Å². The van der Waals surface area contributed by atoms with Crippen LogP contribution in [0.1, 0.15) is 92.7 Å². The predicted octanol–water partition coefficient (Wildman–Crippen LogP) is 8.19. The van der Waals surface area contributed by atoms with Crippen LogP contribution in [-0.2, 0) is 30.4 Å². The monoisotopic (exact) mass is 900 g/mol. The van der Waals surface area contributed by atoms with Gasteiger partial charge in [0, 0.05) is 77.9 Å². The first-order valence-electron chi connectivity index (χ1n) is 22.2. The Morgan fingerprint density at radius 1 is 0.877 bits per heavy atom. The number of ketones is 4. The molecule has 0 fully saturated rings. The van der Waals surface area contributed by atoms with Gasteiger partial charge in [-0.05, 0) is 97.0 Å². The van der Waals surface area contributed by atoms with E-state index in [0.29, 0.717) is 60.5 Å². The van der Waals surface area contributed by atoms with Crippen molar-refractivity contribution in [3.63, 3.8) is 0 Å². The molecule has 4 aromatic carbocycles. The second-order valence-corrected chi connectivity index (χ2v) is 17.7. The fourth-order valence-electron chi connectivity index (χ4n) is 8.52. The van der Waals surface area contributed by atoms with Crippen molar-refractivity contribution in [3.8, 4) is 33.8 Å². The standard InChI is InChI=1S/C52H57ClN4O8/c1-31(44(58)22-19-40-8-6-24-55-40)25-48(62)43-28-33-9-20-45(59)41(27-33)42-29-37(16-21-46(42)60)50(49(63)26-32(2)51(64)56-43)57(3)52(65)38(7-4-5-23-54)30-47(61)36-12-10-34(11-13-36)35-14-17-39(53)18-15-35/h6,8-18,20-21,27,29,31-32,38,43,50,59-60H,4-5,7,19,22-26,28,30,54H2,1-3H3,(H,56,64)/t31-,32-,38-,43+,50+/m1/s1. The Labute approximate surface area is 385 Å². The van der Waals surface area contributed by atoms with Crippen molar-refractivity contribution in [3.05, 3.63) is 119 Å². The van der Waals surface area contributed by atoms with Gasteiger partial charge in [-0.1, -0.05) is 86.5 Å². The van der Waals surface area contributed by atoms with E-state index < -0.39 is 47.4 Å². The second kappa shape index (κ2) is 22.1. The quantitative estimate of drug-likeness (QED) is 0.0597. The van der Waals surface area contributed by atoms with Crippen molar-refractivity contribution in [2.75, 3.05) is 20.1 Å². The normalized spacial score (nSPS) is 18.2. The average molecular weight is 902 g/mol. The van der Waals surface area contributed by atoms with Crippen LogP contribution < -0.4 is 11.1 Å². The molecule has 0 aromatic heterocycles. The lowest BCUT2D eigenvalue weighted by atomic mass is 9.87. The fraction of sp³-hybridized carbons (Fsp3) is 0.365. The lowest BCUT2D eigenvalue weighted by Gasteiger charge is -2.32. The Hall–Kier alpha value is -6.24. The van der Waals surface area contributed by atoms with E-state index in [1.54, 1.807) is 50.2 Å². The van der Waals surface area contributed by atoms with Crippen molar-refractivity contribution >= 4 is 52.3 Å². The van der Waals surface area contributed by atoms with Crippen LogP contribution in [0.3, 0.4) is 0 Å². The van der Waals surface area contributed by atoms with Gasteiger partial charge in [-0.3, -0.25) is 33.8 Å². The topological polar surface area (TPSA) is 197 Å². The Bertz CT molecular complexity index is 2480. The van der Waals surface area contributed by atoms with Crippen molar-refractivity contribution in [2.24, 2.45) is 28.5 Å². The number of rotatable bonds is 17. The number of nitrogens with one attached hydrogen (secondary N) is 1. The molecular weight excluding hydrogens is 844 g/mol. The number of amides is 2. The summed E-state index contributed by atoms with van der Waals surface area (Å²) in [5, 5.41) is 25.8. The van der Waals surface area contributed by atoms with Gasteiger partial charge in [0.1, 0.15) is 23.3 Å². The summed E-state index contributed by atoms with van der Waals surface area (Å²) in [6.07, 6.45) is 5.40. The van der Waals surface area contributed by atoms with Gasteiger partial charge in [-0.25, -0.2) is 0 Å². The number of fused-ring (bicyclic) bond motifs is 5. The van der Waals surface area contributed by atoms with Crippen LogP contribution >= 0.6 is 11.6 Å². The molecule has 5 N–H and O–H groups in total. The van der Waals surface area contributed by atoms with Gasteiger partial charge in [-0.15, -0.1) is 0 Å². The average Bonchev–Trinajstić information content (AvgIpc) is 3.82. The Morgan fingerprint density at radius 2 is 1.54 bits per heavy atom. The molecule has 6 rings (SSSR count). The number of hydrogen-bond donors (Lipinski definition) is 4. The number of benzene rings is 4. The summed E-state index contributed by atoms with van der Waals surface area (Å²) < 4.78 is 0. The minimum atomic E-state index is -1.27. The van der Waals surface area contributed by atoms with E-state index in [4.69, 9.17) is 17.3 Å². The lowest BCUT2D eigenvalue weighted by molar-refractivity contribution is -0.142. The van der Waals surface area contributed by atoms with Gasteiger partial charge in [-0.2, -0.15) is 0 Å². The van der Waals surface area contributed by atoms with E-state index in [0.717, 1.165) is 16.8 Å². The van der Waals surface area contributed by atoms with Crippen LogP contribution in [0.4, 0.5) is 0 Å². The molecule has 4 bridgehead atoms. The third kappa shape index (κ3) is 12.3. The smallest absolute Gasteiger partial charge is 0.226 e. The molecule has 0 spiro atoms. The van der Waals surface area contributed by atoms with E-state index in [9.17, 15) is 39.0 Å². The Balaban J connectivity index is 1.28. The number of carbonyl (C=O) groups is 6. The first-order chi connectivity index (χ1) is 31.1. The van der Waals surface area contributed by atoms with Gasteiger partial charge < -0.3 is 26.2 Å². The molecule has 0 aliphatic carbocycles. The summed E-state index contributed by atoms with van der Waals surface area (Å²) in [5.41, 5.74) is 10.1. The number of unbranched alkanes of at least 4 members (excludes halogenated alkanes) is 1. The number of nitrogens with zero attached hydrogens (tertiary/aromatic N) is 2. The number of likely N-dealkylation sites (N-methyl/N-ethyl adjacent to an activating group) is 1.